The van der Waals surface area contributed by atoms with Crippen molar-refractivity contribution in [3.05, 3.63) is 0 Å². The molecule has 1 unspecified atom stereocenters. The molecule has 0 bridgehead atoms. The monoisotopic (exact) mass is 213 g/mol. The molecule has 0 aliphatic carbocycles. The van der Waals surface area contributed by atoms with Gasteiger partial charge in [0.05, 0.1) is 0 Å². The third-order valence-electron chi connectivity index (χ3n) is 2.61. The zero-order valence-electron chi connectivity index (χ0n) is 9.40. The van der Waals surface area contributed by atoms with Crippen LogP contribution in [0.15, 0.2) is 0 Å². The molecule has 0 aromatic rings. The summed E-state index contributed by atoms with van der Waals surface area (Å²) >= 11 is 0. The van der Waals surface area contributed by atoms with Crippen molar-refractivity contribution >= 4 is 11.8 Å². The van der Waals surface area contributed by atoms with Crippen LogP contribution in [0.4, 0.5) is 0 Å². The van der Waals surface area contributed by atoms with Gasteiger partial charge >= 0.3 is 0 Å². The molecule has 2 N–H and O–H groups in total. The molecule has 1 atom stereocenters. The lowest BCUT2D eigenvalue weighted by molar-refractivity contribution is -0.140. The molecule has 1 aliphatic heterocycles. The van der Waals surface area contributed by atoms with E-state index in [1.807, 2.05) is 0 Å². The molecule has 1 rings (SSSR count). The van der Waals surface area contributed by atoms with E-state index in [1.165, 1.54) is 4.90 Å². The second-order valence-corrected chi connectivity index (χ2v) is 4.21. The van der Waals surface area contributed by atoms with E-state index in [-0.39, 0.29) is 24.3 Å². The van der Waals surface area contributed by atoms with E-state index >= 15 is 0 Å². The Labute approximate surface area is 90.2 Å². The summed E-state index contributed by atoms with van der Waals surface area (Å²) in [6, 6.07) is 0.0668. The first-order valence-electron chi connectivity index (χ1n) is 5.24. The van der Waals surface area contributed by atoms with Crippen molar-refractivity contribution in [2.75, 3.05) is 27.2 Å². The average molecular weight is 213 g/mol. The molecule has 1 saturated heterocycles. The Morgan fingerprint density at radius 2 is 2.13 bits per heavy atom. The van der Waals surface area contributed by atoms with E-state index in [1.54, 1.807) is 19.0 Å². The van der Waals surface area contributed by atoms with Gasteiger partial charge in [0.1, 0.15) is 6.42 Å². The molecule has 2 amide bonds. The second kappa shape index (κ2) is 5.11. The lowest BCUT2D eigenvalue weighted by Gasteiger charge is -2.30. The molecule has 5 heteroatoms. The molecule has 1 heterocycles. The van der Waals surface area contributed by atoms with Crippen molar-refractivity contribution in [2.24, 2.45) is 5.73 Å². The predicted octanol–water partition coefficient (Wildman–Crippen LogP) is -0.586. The summed E-state index contributed by atoms with van der Waals surface area (Å²) in [6.45, 7) is 1.31. The van der Waals surface area contributed by atoms with E-state index in [9.17, 15) is 9.59 Å². The van der Waals surface area contributed by atoms with Crippen LogP contribution in [-0.4, -0.2) is 54.8 Å². The van der Waals surface area contributed by atoms with Gasteiger partial charge in [-0.05, 0) is 12.8 Å². The minimum absolute atomic E-state index is 0.0419. The third-order valence-corrected chi connectivity index (χ3v) is 2.61. The highest BCUT2D eigenvalue weighted by Crippen LogP contribution is 2.09. The Morgan fingerprint density at radius 1 is 1.47 bits per heavy atom. The van der Waals surface area contributed by atoms with Crippen molar-refractivity contribution in [3.63, 3.8) is 0 Å². The third kappa shape index (κ3) is 3.51. The van der Waals surface area contributed by atoms with Crippen LogP contribution in [0.25, 0.3) is 0 Å². The van der Waals surface area contributed by atoms with Gasteiger partial charge in [-0.2, -0.15) is 0 Å². The van der Waals surface area contributed by atoms with Gasteiger partial charge < -0.3 is 15.5 Å². The summed E-state index contributed by atoms with van der Waals surface area (Å²) in [6.07, 6.45) is 1.86. The number of nitrogens with zero attached hydrogens (tertiary/aromatic N) is 2. The van der Waals surface area contributed by atoms with E-state index in [4.69, 9.17) is 5.73 Å². The molecular weight excluding hydrogens is 194 g/mol. The van der Waals surface area contributed by atoms with Gasteiger partial charge in [-0.1, -0.05) is 0 Å². The lowest BCUT2D eigenvalue weighted by atomic mass is 10.1. The number of carbonyl (C=O) groups excluding carboxylic acids is 2. The number of piperidine rings is 1. The summed E-state index contributed by atoms with van der Waals surface area (Å²) in [5, 5.41) is 0. The standard InChI is InChI=1S/C10H19N3O2/c1-12(2)9(14)6-10(15)13-5-3-4-8(11)7-13/h8H,3-7,11H2,1-2H3. The van der Waals surface area contributed by atoms with Crippen LogP contribution in [0.1, 0.15) is 19.3 Å². The van der Waals surface area contributed by atoms with Crippen LogP contribution in [0.3, 0.4) is 0 Å². The van der Waals surface area contributed by atoms with Gasteiger partial charge in [-0.15, -0.1) is 0 Å². The zero-order chi connectivity index (χ0) is 11.4. The van der Waals surface area contributed by atoms with Gasteiger partial charge in [0, 0.05) is 33.2 Å². The maximum atomic E-state index is 11.7. The molecule has 15 heavy (non-hydrogen) atoms. The molecule has 86 valence electrons. The average Bonchev–Trinajstić information content (AvgIpc) is 2.17. The number of rotatable bonds is 2. The van der Waals surface area contributed by atoms with E-state index in [2.05, 4.69) is 0 Å². The lowest BCUT2D eigenvalue weighted by Crippen LogP contribution is -2.46. The fourth-order valence-electron chi connectivity index (χ4n) is 1.64. The van der Waals surface area contributed by atoms with Crippen LogP contribution >= 0.6 is 0 Å². The van der Waals surface area contributed by atoms with Crippen LogP contribution in [0.5, 0.6) is 0 Å². The normalized spacial score (nSPS) is 21.3. The van der Waals surface area contributed by atoms with E-state index < -0.39 is 0 Å². The molecule has 5 nitrogen and oxygen atoms in total. The van der Waals surface area contributed by atoms with Crippen LogP contribution in [0.2, 0.25) is 0 Å². The first-order valence-corrected chi connectivity index (χ1v) is 5.24. The van der Waals surface area contributed by atoms with Crippen molar-refractivity contribution in [2.45, 2.75) is 25.3 Å². The smallest absolute Gasteiger partial charge is 0.232 e. The fourth-order valence-corrected chi connectivity index (χ4v) is 1.64. The molecular formula is C10H19N3O2. The van der Waals surface area contributed by atoms with Gasteiger partial charge in [-0.3, -0.25) is 9.59 Å². The molecule has 0 saturated carbocycles. The maximum absolute atomic E-state index is 11.7. The highest BCUT2D eigenvalue weighted by Gasteiger charge is 2.23. The Morgan fingerprint density at radius 3 is 2.67 bits per heavy atom. The number of carbonyl (C=O) groups is 2. The van der Waals surface area contributed by atoms with Crippen LogP contribution < -0.4 is 5.73 Å². The Hall–Kier alpha value is -1.10. The number of likely N-dealkylation sites (tertiary alicyclic amines) is 1. The highest BCUT2D eigenvalue weighted by molar-refractivity contribution is 5.96. The van der Waals surface area contributed by atoms with Crippen molar-refractivity contribution in [1.82, 2.24) is 9.80 Å². The maximum Gasteiger partial charge on any atom is 0.232 e. The van der Waals surface area contributed by atoms with Gasteiger partial charge in [-0.25, -0.2) is 0 Å². The van der Waals surface area contributed by atoms with Gasteiger partial charge in [0.25, 0.3) is 0 Å². The number of hydrogen-bond acceptors (Lipinski definition) is 3. The quantitative estimate of drug-likeness (QED) is 0.624. The van der Waals surface area contributed by atoms with Crippen molar-refractivity contribution in [3.8, 4) is 0 Å². The predicted molar refractivity (Wildman–Crippen MR) is 57.1 cm³/mol. The zero-order valence-corrected chi connectivity index (χ0v) is 9.40. The first kappa shape index (κ1) is 12.0. The van der Waals surface area contributed by atoms with Gasteiger partial charge in [0.2, 0.25) is 11.8 Å². The highest BCUT2D eigenvalue weighted by atomic mass is 16.2. The van der Waals surface area contributed by atoms with Crippen LogP contribution in [-0.2, 0) is 9.59 Å². The number of nitrogens with two attached hydrogens (primary N) is 1. The summed E-state index contributed by atoms with van der Waals surface area (Å²) in [5.74, 6) is -0.261. The Balaban J connectivity index is 2.42. The molecule has 0 spiro atoms. The number of amides is 2. The van der Waals surface area contributed by atoms with Crippen molar-refractivity contribution < 1.29 is 9.59 Å². The van der Waals surface area contributed by atoms with Crippen LogP contribution in [0, 0.1) is 0 Å². The van der Waals surface area contributed by atoms with E-state index in [0.717, 1.165) is 19.4 Å². The SMILES string of the molecule is CN(C)C(=O)CC(=O)N1CCCC(N)C1. The topological polar surface area (TPSA) is 66.6 Å². The largest absolute Gasteiger partial charge is 0.348 e. The van der Waals surface area contributed by atoms with Crippen molar-refractivity contribution in [1.29, 1.82) is 0 Å². The molecule has 0 aromatic heterocycles. The summed E-state index contributed by atoms with van der Waals surface area (Å²) in [4.78, 5) is 26.1. The molecule has 1 aliphatic rings. The summed E-state index contributed by atoms with van der Waals surface area (Å²) < 4.78 is 0. The molecule has 0 radical (unpaired) electrons. The summed E-state index contributed by atoms with van der Waals surface area (Å²) in [7, 11) is 3.30. The Kier molecular flexibility index (Phi) is 4.08. The molecule has 0 aromatic carbocycles. The summed E-state index contributed by atoms with van der Waals surface area (Å²) in [5.41, 5.74) is 5.76. The minimum atomic E-state index is -0.154. The second-order valence-electron chi connectivity index (χ2n) is 4.21. The van der Waals surface area contributed by atoms with E-state index in [0.29, 0.717) is 6.54 Å². The molecule has 1 fully saturated rings. The number of hydrogen-bond donors (Lipinski definition) is 1. The minimum Gasteiger partial charge on any atom is -0.348 e. The first-order chi connectivity index (χ1) is 7.00. The Bertz CT molecular complexity index is 253. The fraction of sp³-hybridized carbons (Fsp3) is 0.800. The van der Waals surface area contributed by atoms with Gasteiger partial charge in [0.15, 0.2) is 0 Å².